The number of primary amides is 1. The van der Waals surface area contributed by atoms with Crippen LogP contribution in [0.25, 0.3) is 11.5 Å². The Kier molecular flexibility index (Phi) is 6.02. The van der Waals surface area contributed by atoms with Gasteiger partial charge in [-0.2, -0.15) is 0 Å². The minimum Gasteiger partial charge on any atom is -0.441 e. The highest BCUT2D eigenvalue weighted by molar-refractivity contribution is 5.99. The number of amides is 2. The molecule has 1 aromatic heterocycles. The van der Waals surface area contributed by atoms with Crippen LogP contribution in [0.1, 0.15) is 41.1 Å². The highest BCUT2D eigenvalue weighted by Gasteiger charge is 2.19. The maximum atomic E-state index is 12.9. The first-order valence-corrected chi connectivity index (χ1v) is 10.5. The van der Waals surface area contributed by atoms with E-state index in [1.807, 2.05) is 36.4 Å². The Balaban J connectivity index is 1.55. The van der Waals surface area contributed by atoms with E-state index in [9.17, 15) is 9.59 Å². The summed E-state index contributed by atoms with van der Waals surface area (Å²) in [5, 5.41) is 2.96. The van der Waals surface area contributed by atoms with Gasteiger partial charge in [0.1, 0.15) is 5.76 Å². The Morgan fingerprint density at radius 2 is 1.84 bits per heavy atom. The van der Waals surface area contributed by atoms with Crippen LogP contribution in [0.4, 0.5) is 11.4 Å². The van der Waals surface area contributed by atoms with Gasteiger partial charge < -0.3 is 20.4 Å². The fourth-order valence-corrected chi connectivity index (χ4v) is 3.84. The lowest BCUT2D eigenvalue weighted by Crippen LogP contribution is -2.30. The maximum absolute atomic E-state index is 12.9. The van der Waals surface area contributed by atoms with Crippen molar-refractivity contribution in [2.24, 2.45) is 5.73 Å². The van der Waals surface area contributed by atoms with Gasteiger partial charge in [-0.1, -0.05) is 18.2 Å². The second-order valence-corrected chi connectivity index (χ2v) is 7.76. The molecule has 0 bridgehead atoms. The third-order valence-electron chi connectivity index (χ3n) is 5.49. The Labute approximate surface area is 181 Å². The van der Waals surface area contributed by atoms with Crippen LogP contribution in [0.2, 0.25) is 0 Å². The van der Waals surface area contributed by atoms with Crippen molar-refractivity contribution in [1.82, 2.24) is 4.98 Å². The zero-order valence-electron chi connectivity index (χ0n) is 17.6. The molecule has 7 nitrogen and oxygen atoms in total. The van der Waals surface area contributed by atoms with Crippen LogP contribution in [-0.2, 0) is 11.2 Å². The predicted octanol–water partition coefficient (Wildman–Crippen LogP) is 3.92. The molecule has 0 radical (unpaired) electrons. The van der Waals surface area contributed by atoms with Crippen LogP contribution in [0.15, 0.2) is 52.9 Å². The number of aryl methyl sites for hydroxylation is 1. The molecule has 0 aliphatic carbocycles. The van der Waals surface area contributed by atoms with Crippen LogP contribution >= 0.6 is 0 Å². The number of benzene rings is 2. The number of aromatic nitrogens is 1. The van der Waals surface area contributed by atoms with Gasteiger partial charge in [-0.05, 0) is 56.5 Å². The first-order chi connectivity index (χ1) is 15.0. The monoisotopic (exact) mass is 418 g/mol. The number of piperidine rings is 1. The topological polar surface area (TPSA) is 101 Å². The van der Waals surface area contributed by atoms with Crippen LogP contribution in [0, 0.1) is 6.92 Å². The highest BCUT2D eigenvalue weighted by atomic mass is 16.4. The van der Waals surface area contributed by atoms with Crippen molar-refractivity contribution in [3.05, 3.63) is 65.5 Å². The van der Waals surface area contributed by atoms with Crippen LogP contribution < -0.4 is 16.0 Å². The largest absolute Gasteiger partial charge is 0.441 e. The summed E-state index contributed by atoms with van der Waals surface area (Å²) in [5.41, 5.74) is 8.76. The van der Waals surface area contributed by atoms with Gasteiger partial charge in [0, 0.05) is 24.2 Å². The van der Waals surface area contributed by atoms with Crippen molar-refractivity contribution in [3.63, 3.8) is 0 Å². The highest BCUT2D eigenvalue weighted by Crippen LogP contribution is 2.30. The summed E-state index contributed by atoms with van der Waals surface area (Å²) in [4.78, 5) is 31.3. The van der Waals surface area contributed by atoms with E-state index >= 15 is 0 Å². The van der Waals surface area contributed by atoms with E-state index < -0.39 is 5.91 Å². The molecular weight excluding hydrogens is 392 g/mol. The molecule has 1 saturated heterocycles. The van der Waals surface area contributed by atoms with Gasteiger partial charge in [0.15, 0.2) is 0 Å². The summed E-state index contributed by atoms with van der Waals surface area (Å²) >= 11 is 0. The fraction of sp³-hybridized carbons (Fsp3) is 0.292. The van der Waals surface area contributed by atoms with E-state index in [4.69, 9.17) is 10.2 Å². The van der Waals surface area contributed by atoms with Crippen molar-refractivity contribution >= 4 is 23.2 Å². The van der Waals surface area contributed by atoms with Crippen LogP contribution in [0.3, 0.4) is 0 Å². The molecule has 0 unspecified atom stereocenters. The Morgan fingerprint density at radius 3 is 2.55 bits per heavy atom. The molecular formula is C24H26N4O3. The van der Waals surface area contributed by atoms with Crippen LogP contribution in [-0.4, -0.2) is 29.9 Å². The number of oxazole rings is 1. The lowest BCUT2D eigenvalue weighted by molar-refractivity contribution is -0.115. The number of nitrogens with two attached hydrogens (primary N) is 1. The SMILES string of the molecule is Cc1oc(-c2ccccc2)nc1CC(=O)Nc1cc(C(N)=O)ccc1N1CCCCC1. The summed E-state index contributed by atoms with van der Waals surface area (Å²) in [7, 11) is 0. The van der Waals surface area contributed by atoms with E-state index in [1.165, 1.54) is 6.42 Å². The molecule has 1 aliphatic heterocycles. The Bertz CT molecular complexity index is 1090. The molecule has 1 aliphatic rings. The summed E-state index contributed by atoms with van der Waals surface area (Å²) < 4.78 is 5.76. The second-order valence-electron chi connectivity index (χ2n) is 7.76. The molecule has 0 atom stereocenters. The van der Waals surface area contributed by atoms with Crippen molar-refractivity contribution in [2.45, 2.75) is 32.6 Å². The van der Waals surface area contributed by atoms with Crippen LogP contribution in [0.5, 0.6) is 0 Å². The third kappa shape index (κ3) is 4.77. The molecule has 3 aromatic rings. The first kappa shape index (κ1) is 20.7. The summed E-state index contributed by atoms with van der Waals surface area (Å²) in [6.45, 7) is 3.64. The predicted molar refractivity (Wildman–Crippen MR) is 120 cm³/mol. The van der Waals surface area contributed by atoms with Gasteiger partial charge in [-0.15, -0.1) is 0 Å². The number of nitrogens with zero attached hydrogens (tertiary/aromatic N) is 2. The zero-order valence-corrected chi connectivity index (χ0v) is 17.6. The number of carbonyl (C=O) groups is 2. The van der Waals surface area contributed by atoms with Gasteiger partial charge in [-0.3, -0.25) is 9.59 Å². The number of anilines is 2. The van der Waals surface area contributed by atoms with E-state index in [-0.39, 0.29) is 12.3 Å². The standard InChI is InChI=1S/C24H26N4O3/c1-16-19(27-24(31-16)17-8-4-2-5-9-17)15-22(29)26-20-14-18(23(25)30)10-11-21(20)28-12-6-3-7-13-28/h2,4-5,8-11,14H,3,6-7,12-13,15H2,1H3,(H2,25,30)(H,26,29). The molecule has 160 valence electrons. The van der Waals surface area contributed by atoms with E-state index in [0.717, 1.165) is 37.2 Å². The second kappa shape index (κ2) is 9.04. The average molecular weight is 418 g/mol. The third-order valence-corrected chi connectivity index (χ3v) is 5.49. The minimum absolute atomic E-state index is 0.0718. The van der Waals surface area contributed by atoms with Gasteiger partial charge in [0.2, 0.25) is 17.7 Å². The summed E-state index contributed by atoms with van der Waals surface area (Å²) in [6, 6.07) is 14.8. The van der Waals surface area contributed by atoms with Gasteiger partial charge in [-0.25, -0.2) is 4.98 Å². The molecule has 0 saturated carbocycles. The first-order valence-electron chi connectivity index (χ1n) is 10.5. The molecule has 7 heteroatoms. The Morgan fingerprint density at radius 1 is 1.10 bits per heavy atom. The smallest absolute Gasteiger partial charge is 0.248 e. The van der Waals surface area contributed by atoms with E-state index in [1.54, 1.807) is 19.1 Å². The van der Waals surface area contributed by atoms with Gasteiger partial charge in [0.25, 0.3) is 0 Å². The van der Waals surface area contributed by atoms with Crippen molar-refractivity contribution < 1.29 is 14.0 Å². The lowest BCUT2D eigenvalue weighted by Gasteiger charge is -2.30. The normalized spacial score (nSPS) is 13.8. The van der Waals surface area contributed by atoms with Gasteiger partial charge >= 0.3 is 0 Å². The number of hydrogen-bond donors (Lipinski definition) is 2. The molecule has 2 aromatic carbocycles. The summed E-state index contributed by atoms with van der Waals surface area (Å²) in [6.07, 6.45) is 3.48. The summed E-state index contributed by atoms with van der Waals surface area (Å²) in [5.74, 6) is 0.346. The zero-order chi connectivity index (χ0) is 21.8. The molecule has 1 fully saturated rings. The lowest BCUT2D eigenvalue weighted by atomic mass is 10.1. The average Bonchev–Trinajstić information content (AvgIpc) is 3.15. The quantitative estimate of drug-likeness (QED) is 0.632. The number of carbonyl (C=O) groups excluding carboxylic acids is 2. The van der Waals surface area contributed by atoms with Crippen molar-refractivity contribution in [3.8, 4) is 11.5 Å². The fourth-order valence-electron chi connectivity index (χ4n) is 3.84. The molecule has 31 heavy (non-hydrogen) atoms. The number of nitrogens with one attached hydrogen (secondary N) is 1. The molecule has 3 N–H and O–H groups in total. The maximum Gasteiger partial charge on any atom is 0.248 e. The minimum atomic E-state index is -0.527. The molecule has 0 spiro atoms. The van der Waals surface area contributed by atoms with E-state index in [2.05, 4.69) is 15.2 Å². The Hall–Kier alpha value is -3.61. The molecule has 2 heterocycles. The van der Waals surface area contributed by atoms with Crippen molar-refractivity contribution in [2.75, 3.05) is 23.3 Å². The number of rotatable bonds is 6. The molecule has 4 rings (SSSR count). The molecule has 2 amide bonds. The van der Waals surface area contributed by atoms with Crippen molar-refractivity contribution in [1.29, 1.82) is 0 Å². The van der Waals surface area contributed by atoms with Gasteiger partial charge in [0.05, 0.1) is 23.5 Å². The van der Waals surface area contributed by atoms with E-state index in [0.29, 0.717) is 28.6 Å². The number of hydrogen-bond acceptors (Lipinski definition) is 5.